The highest BCUT2D eigenvalue weighted by Crippen LogP contribution is 2.47. The number of nitrogens with one attached hydrogen (secondary N) is 1. The molecule has 3 fully saturated rings. The molecule has 2 aliphatic carbocycles. The zero-order valence-electron chi connectivity index (χ0n) is 16.2. The lowest BCUT2D eigenvalue weighted by Crippen LogP contribution is -2.50. The van der Waals surface area contributed by atoms with Crippen molar-refractivity contribution in [2.45, 2.75) is 62.9 Å². The number of alkyl halides is 1. The van der Waals surface area contributed by atoms with Crippen molar-refractivity contribution in [1.82, 2.24) is 20.0 Å². The Bertz CT molecular complexity index is 670. The minimum Gasteiger partial charge on any atom is -0.349 e. The van der Waals surface area contributed by atoms with Gasteiger partial charge in [-0.15, -0.1) is 24.0 Å². The van der Waals surface area contributed by atoms with Gasteiger partial charge in [0.1, 0.15) is 5.88 Å². The van der Waals surface area contributed by atoms with Crippen molar-refractivity contribution >= 4 is 35.8 Å². The first-order chi connectivity index (χ1) is 13.1. The number of hydrogen-bond acceptors (Lipinski definition) is 3. The highest BCUT2D eigenvalue weighted by Gasteiger charge is 2.51. The molecule has 1 aromatic rings. The monoisotopic (exact) mass is 428 g/mol. The summed E-state index contributed by atoms with van der Waals surface area (Å²) in [5.74, 6) is 0.749. The van der Waals surface area contributed by atoms with Crippen molar-refractivity contribution in [3.63, 3.8) is 0 Å². The Hall–Kier alpha value is -1.27. The second-order valence-corrected chi connectivity index (χ2v) is 8.65. The van der Waals surface area contributed by atoms with E-state index in [1.54, 1.807) is 6.20 Å². The average molecular weight is 429 g/mol. The number of aromatic nitrogens is 2. The Morgan fingerprint density at radius 2 is 1.86 bits per heavy atom. The molecule has 0 radical (unpaired) electrons. The first-order valence-corrected chi connectivity index (χ1v) is 10.8. The summed E-state index contributed by atoms with van der Waals surface area (Å²) in [5.41, 5.74) is -0.0520. The SMILES string of the molecule is Cl.O=C(CCl)NC1(C2CCN(C(=O)C3CCCCC3n3cccn3)CC2)CC1. The third-order valence-corrected chi connectivity index (χ3v) is 7.04. The standard InChI is InChI=1S/C20H29ClN4O2.ClH/c21-14-18(26)23-20(8-9-20)15-6-12-24(13-7-15)19(27)16-4-1-2-5-17(16)25-11-3-10-22-25;/h3,10-11,15-17H,1-2,4-9,12-14H2,(H,23,26);1H. The molecule has 1 saturated heterocycles. The van der Waals surface area contributed by atoms with Crippen LogP contribution in [0, 0.1) is 11.8 Å². The predicted molar refractivity (Wildman–Crippen MR) is 111 cm³/mol. The molecular formula is C20H30Cl2N4O2. The van der Waals surface area contributed by atoms with E-state index in [4.69, 9.17) is 11.6 Å². The van der Waals surface area contributed by atoms with Gasteiger partial charge in [0.15, 0.2) is 0 Å². The summed E-state index contributed by atoms with van der Waals surface area (Å²) in [6.45, 7) is 1.59. The molecule has 1 N–H and O–H groups in total. The summed E-state index contributed by atoms with van der Waals surface area (Å²) in [7, 11) is 0. The lowest BCUT2D eigenvalue weighted by atomic mass is 9.82. The summed E-state index contributed by atoms with van der Waals surface area (Å²) >= 11 is 5.66. The second kappa shape index (κ2) is 9.04. The normalized spacial score (nSPS) is 27.0. The minimum absolute atomic E-state index is 0. The number of nitrogens with zero attached hydrogens (tertiary/aromatic N) is 3. The summed E-state index contributed by atoms with van der Waals surface area (Å²) < 4.78 is 1.98. The molecule has 28 heavy (non-hydrogen) atoms. The first-order valence-electron chi connectivity index (χ1n) is 10.3. The fourth-order valence-corrected chi connectivity index (χ4v) is 5.23. The number of rotatable bonds is 5. The smallest absolute Gasteiger partial charge is 0.235 e. The fourth-order valence-electron chi connectivity index (χ4n) is 5.16. The average Bonchev–Trinajstić information content (AvgIpc) is 3.28. The summed E-state index contributed by atoms with van der Waals surface area (Å²) in [4.78, 5) is 27.0. The van der Waals surface area contributed by atoms with Crippen LogP contribution in [0.3, 0.4) is 0 Å². The van der Waals surface area contributed by atoms with Crippen LogP contribution in [0.25, 0.3) is 0 Å². The van der Waals surface area contributed by atoms with Crippen LogP contribution in [0.5, 0.6) is 0 Å². The molecule has 2 atom stereocenters. The van der Waals surface area contributed by atoms with Crippen LogP contribution in [0.2, 0.25) is 0 Å². The van der Waals surface area contributed by atoms with Gasteiger partial charge >= 0.3 is 0 Å². The van der Waals surface area contributed by atoms with Gasteiger partial charge in [-0.2, -0.15) is 5.10 Å². The summed E-state index contributed by atoms with van der Waals surface area (Å²) in [5, 5.41) is 7.53. The number of carbonyl (C=O) groups excluding carboxylic acids is 2. The maximum Gasteiger partial charge on any atom is 0.235 e. The van der Waals surface area contributed by atoms with Gasteiger partial charge in [0.25, 0.3) is 0 Å². The van der Waals surface area contributed by atoms with Crippen molar-refractivity contribution in [3.8, 4) is 0 Å². The highest BCUT2D eigenvalue weighted by atomic mass is 35.5. The summed E-state index contributed by atoms with van der Waals surface area (Å²) in [6, 6.07) is 2.13. The van der Waals surface area contributed by atoms with Gasteiger partial charge < -0.3 is 10.2 Å². The van der Waals surface area contributed by atoms with Crippen LogP contribution < -0.4 is 5.32 Å². The molecule has 2 unspecified atom stereocenters. The fraction of sp³-hybridized carbons (Fsp3) is 0.750. The van der Waals surface area contributed by atoms with E-state index in [0.717, 1.165) is 58.0 Å². The quantitative estimate of drug-likeness (QED) is 0.732. The number of likely N-dealkylation sites (tertiary alicyclic amines) is 1. The van der Waals surface area contributed by atoms with Crippen LogP contribution in [-0.4, -0.2) is 51.0 Å². The van der Waals surface area contributed by atoms with Crippen LogP contribution in [0.4, 0.5) is 0 Å². The van der Waals surface area contributed by atoms with Crippen molar-refractivity contribution in [2.75, 3.05) is 19.0 Å². The highest BCUT2D eigenvalue weighted by molar-refractivity contribution is 6.27. The third-order valence-electron chi connectivity index (χ3n) is 6.80. The summed E-state index contributed by atoms with van der Waals surface area (Å²) in [6.07, 6.45) is 12.1. The molecule has 1 aliphatic heterocycles. The zero-order chi connectivity index (χ0) is 18.9. The Balaban J connectivity index is 0.00000225. The van der Waals surface area contributed by atoms with E-state index in [0.29, 0.717) is 11.8 Å². The molecule has 1 aromatic heterocycles. The van der Waals surface area contributed by atoms with Crippen molar-refractivity contribution in [2.24, 2.45) is 11.8 Å². The van der Waals surface area contributed by atoms with E-state index >= 15 is 0 Å². The molecule has 4 rings (SSSR count). The number of halogens is 2. The molecule has 0 bridgehead atoms. The third kappa shape index (κ3) is 4.33. The Labute approximate surface area is 177 Å². The Morgan fingerprint density at radius 1 is 1.14 bits per heavy atom. The van der Waals surface area contributed by atoms with Crippen molar-refractivity contribution in [3.05, 3.63) is 18.5 Å². The van der Waals surface area contributed by atoms with Crippen LogP contribution >= 0.6 is 24.0 Å². The van der Waals surface area contributed by atoms with E-state index in [2.05, 4.69) is 15.3 Å². The van der Waals surface area contributed by atoms with Gasteiger partial charge in [-0.3, -0.25) is 14.3 Å². The predicted octanol–water partition coefficient (Wildman–Crippen LogP) is 3.16. The lowest BCUT2D eigenvalue weighted by Gasteiger charge is -2.40. The molecule has 156 valence electrons. The van der Waals surface area contributed by atoms with E-state index in [-0.39, 0.29) is 41.7 Å². The molecule has 2 saturated carbocycles. The van der Waals surface area contributed by atoms with E-state index in [1.165, 1.54) is 6.42 Å². The molecule has 0 aromatic carbocycles. The Kier molecular flexibility index (Phi) is 6.92. The van der Waals surface area contributed by atoms with E-state index in [9.17, 15) is 9.59 Å². The van der Waals surface area contributed by atoms with Gasteiger partial charge in [0.05, 0.1) is 12.0 Å². The molecule has 3 aliphatic rings. The lowest BCUT2D eigenvalue weighted by molar-refractivity contribution is -0.140. The zero-order valence-corrected chi connectivity index (χ0v) is 17.8. The minimum atomic E-state index is -0.0723. The maximum absolute atomic E-state index is 13.3. The van der Waals surface area contributed by atoms with Crippen LogP contribution in [0.15, 0.2) is 18.5 Å². The largest absolute Gasteiger partial charge is 0.349 e. The molecule has 8 heteroatoms. The van der Waals surface area contributed by atoms with Gasteiger partial charge in [-0.05, 0) is 50.5 Å². The molecule has 6 nitrogen and oxygen atoms in total. The Morgan fingerprint density at radius 3 is 2.46 bits per heavy atom. The van der Waals surface area contributed by atoms with Gasteiger partial charge in [0.2, 0.25) is 11.8 Å². The molecular weight excluding hydrogens is 399 g/mol. The number of amides is 2. The van der Waals surface area contributed by atoms with Crippen molar-refractivity contribution in [1.29, 1.82) is 0 Å². The van der Waals surface area contributed by atoms with E-state index < -0.39 is 0 Å². The first kappa shape index (κ1) is 21.4. The number of piperidine rings is 1. The van der Waals surface area contributed by atoms with Gasteiger partial charge in [0, 0.05) is 31.0 Å². The molecule has 0 spiro atoms. The van der Waals surface area contributed by atoms with E-state index in [1.807, 2.05) is 16.9 Å². The van der Waals surface area contributed by atoms with Gasteiger partial charge in [-0.25, -0.2) is 0 Å². The van der Waals surface area contributed by atoms with Crippen LogP contribution in [-0.2, 0) is 9.59 Å². The second-order valence-electron chi connectivity index (χ2n) is 8.38. The topological polar surface area (TPSA) is 67.2 Å². The number of hydrogen-bond donors (Lipinski definition) is 1. The molecule has 2 amide bonds. The van der Waals surface area contributed by atoms with Crippen molar-refractivity contribution < 1.29 is 9.59 Å². The maximum atomic E-state index is 13.3. The molecule has 2 heterocycles. The van der Waals surface area contributed by atoms with Gasteiger partial charge in [-0.1, -0.05) is 12.8 Å². The number of carbonyl (C=O) groups is 2. The van der Waals surface area contributed by atoms with Crippen LogP contribution in [0.1, 0.15) is 57.4 Å².